The number of amides is 4. The van der Waals surface area contributed by atoms with Crippen LogP contribution in [0.5, 0.6) is 5.75 Å². The third kappa shape index (κ3) is 4.33. The third-order valence-corrected chi connectivity index (χ3v) is 6.57. The van der Waals surface area contributed by atoms with E-state index in [4.69, 9.17) is 4.74 Å². The number of hydrogen-bond donors (Lipinski definition) is 1. The highest BCUT2D eigenvalue weighted by Crippen LogP contribution is 2.30. The minimum absolute atomic E-state index is 0.189. The molecule has 32 heavy (non-hydrogen) atoms. The zero-order valence-corrected chi connectivity index (χ0v) is 18.5. The first-order valence-corrected chi connectivity index (χ1v) is 11.0. The van der Waals surface area contributed by atoms with Crippen LogP contribution in [0.1, 0.15) is 30.9 Å². The van der Waals surface area contributed by atoms with Crippen LogP contribution >= 0.6 is 0 Å². The molecule has 0 aromatic heterocycles. The second-order valence-electron chi connectivity index (χ2n) is 8.69. The molecule has 0 spiro atoms. The first-order valence-electron chi connectivity index (χ1n) is 11.0. The number of nitrogens with zero attached hydrogens (tertiary/aromatic N) is 2. The Kier molecular flexibility index (Phi) is 6.17. The Balaban J connectivity index is 1.35. The Morgan fingerprint density at radius 1 is 1.06 bits per heavy atom. The van der Waals surface area contributed by atoms with Crippen LogP contribution in [0.25, 0.3) is 0 Å². The molecule has 1 N–H and O–H groups in total. The van der Waals surface area contributed by atoms with Crippen molar-refractivity contribution in [2.45, 2.75) is 31.7 Å². The number of methoxy groups -OCH3 is 1. The lowest BCUT2D eigenvalue weighted by atomic mass is 9.90. The van der Waals surface area contributed by atoms with E-state index in [9.17, 15) is 14.4 Å². The molecule has 4 amide bonds. The van der Waals surface area contributed by atoms with E-state index in [-0.39, 0.29) is 12.5 Å². The molecule has 0 saturated carbocycles. The predicted molar refractivity (Wildman–Crippen MR) is 120 cm³/mol. The van der Waals surface area contributed by atoms with Crippen molar-refractivity contribution >= 4 is 17.8 Å². The number of urea groups is 1. The van der Waals surface area contributed by atoms with E-state index in [1.54, 1.807) is 43.2 Å². The molecule has 2 aromatic rings. The second kappa shape index (κ2) is 9.02. The van der Waals surface area contributed by atoms with Crippen molar-refractivity contribution in [1.29, 1.82) is 0 Å². The van der Waals surface area contributed by atoms with Gasteiger partial charge in [-0.3, -0.25) is 14.5 Å². The fraction of sp³-hybridized carbons (Fsp3) is 0.400. The SMILES string of the molecule is COc1ccc(C2(C)NC(=O)N(CC(=O)N3CCC(Cc4ccccc4)CC3)C2=O)cc1. The van der Waals surface area contributed by atoms with E-state index >= 15 is 0 Å². The average molecular weight is 436 g/mol. The monoisotopic (exact) mass is 435 g/mol. The number of nitrogens with one attached hydrogen (secondary N) is 1. The van der Waals surface area contributed by atoms with Crippen molar-refractivity contribution in [3.05, 3.63) is 65.7 Å². The third-order valence-electron chi connectivity index (χ3n) is 6.57. The summed E-state index contributed by atoms with van der Waals surface area (Å²) < 4.78 is 5.16. The van der Waals surface area contributed by atoms with Gasteiger partial charge in [-0.25, -0.2) is 4.79 Å². The van der Waals surface area contributed by atoms with Crippen molar-refractivity contribution in [3.63, 3.8) is 0 Å². The topological polar surface area (TPSA) is 79.0 Å². The fourth-order valence-corrected chi connectivity index (χ4v) is 4.53. The normalized spacial score (nSPS) is 21.6. The Bertz CT molecular complexity index is 984. The van der Waals surface area contributed by atoms with E-state index in [0.29, 0.717) is 30.3 Å². The van der Waals surface area contributed by atoms with Crippen molar-refractivity contribution in [1.82, 2.24) is 15.1 Å². The van der Waals surface area contributed by atoms with E-state index in [2.05, 4.69) is 17.4 Å². The lowest BCUT2D eigenvalue weighted by Gasteiger charge is -2.33. The minimum Gasteiger partial charge on any atom is -0.497 e. The molecular weight excluding hydrogens is 406 g/mol. The van der Waals surface area contributed by atoms with Gasteiger partial charge in [0.2, 0.25) is 5.91 Å². The lowest BCUT2D eigenvalue weighted by Crippen LogP contribution is -2.46. The Morgan fingerprint density at radius 3 is 2.34 bits per heavy atom. The molecule has 1 unspecified atom stereocenters. The Hall–Kier alpha value is -3.35. The second-order valence-corrected chi connectivity index (χ2v) is 8.69. The van der Waals surface area contributed by atoms with Crippen LogP contribution in [0.15, 0.2) is 54.6 Å². The highest BCUT2D eigenvalue weighted by atomic mass is 16.5. The van der Waals surface area contributed by atoms with Crippen LogP contribution in [0.4, 0.5) is 4.79 Å². The number of carbonyl (C=O) groups excluding carboxylic acids is 3. The molecule has 2 aromatic carbocycles. The molecule has 0 bridgehead atoms. The standard InChI is InChI=1S/C25H29N3O4/c1-25(20-8-10-21(32-2)11-9-20)23(30)28(24(31)26-25)17-22(29)27-14-12-19(13-15-27)16-18-6-4-3-5-7-18/h3-11,19H,12-17H2,1-2H3,(H,26,31). The zero-order chi connectivity index (χ0) is 22.7. The number of ether oxygens (including phenoxy) is 1. The molecule has 0 aliphatic carbocycles. The van der Waals surface area contributed by atoms with Crippen LogP contribution in [0.2, 0.25) is 0 Å². The zero-order valence-electron chi connectivity index (χ0n) is 18.5. The molecule has 0 radical (unpaired) electrons. The number of hydrogen-bond acceptors (Lipinski definition) is 4. The van der Waals surface area contributed by atoms with Gasteiger partial charge in [0.1, 0.15) is 17.8 Å². The van der Waals surface area contributed by atoms with Gasteiger partial charge < -0.3 is 15.0 Å². The quantitative estimate of drug-likeness (QED) is 0.708. The smallest absolute Gasteiger partial charge is 0.325 e. The summed E-state index contributed by atoms with van der Waals surface area (Å²) in [7, 11) is 1.57. The summed E-state index contributed by atoms with van der Waals surface area (Å²) in [6, 6.07) is 16.8. The van der Waals surface area contributed by atoms with Crippen molar-refractivity contribution in [2.24, 2.45) is 5.92 Å². The van der Waals surface area contributed by atoms with Gasteiger partial charge in [0.05, 0.1) is 7.11 Å². The summed E-state index contributed by atoms with van der Waals surface area (Å²) in [5.74, 6) is 0.596. The fourth-order valence-electron chi connectivity index (χ4n) is 4.53. The first kappa shape index (κ1) is 21.9. The minimum atomic E-state index is -1.20. The van der Waals surface area contributed by atoms with Gasteiger partial charge in [0, 0.05) is 13.1 Å². The maximum atomic E-state index is 13.1. The summed E-state index contributed by atoms with van der Waals surface area (Å²) >= 11 is 0. The van der Waals surface area contributed by atoms with Crippen LogP contribution in [-0.2, 0) is 21.5 Å². The molecule has 7 heteroatoms. The van der Waals surface area contributed by atoms with E-state index in [0.717, 1.165) is 24.2 Å². The van der Waals surface area contributed by atoms with Gasteiger partial charge in [-0.2, -0.15) is 0 Å². The van der Waals surface area contributed by atoms with Gasteiger partial charge in [0.15, 0.2) is 0 Å². The molecule has 2 heterocycles. The molecule has 168 valence electrons. The van der Waals surface area contributed by atoms with Gasteiger partial charge in [0.25, 0.3) is 5.91 Å². The summed E-state index contributed by atoms with van der Waals surface area (Å²) in [4.78, 5) is 41.4. The molecule has 2 saturated heterocycles. The molecule has 2 fully saturated rings. The maximum Gasteiger partial charge on any atom is 0.325 e. The van der Waals surface area contributed by atoms with Crippen LogP contribution in [0.3, 0.4) is 0 Å². The predicted octanol–water partition coefficient (Wildman–Crippen LogP) is 2.94. The van der Waals surface area contributed by atoms with Gasteiger partial charge >= 0.3 is 6.03 Å². The van der Waals surface area contributed by atoms with Crippen molar-refractivity contribution < 1.29 is 19.1 Å². The van der Waals surface area contributed by atoms with Crippen LogP contribution < -0.4 is 10.1 Å². The number of benzene rings is 2. The summed E-state index contributed by atoms with van der Waals surface area (Å²) in [6.07, 6.45) is 2.85. The van der Waals surface area contributed by atoms with E-state index in [1.165, 1.54) is 5.56 Å². The molecule has 2 aliphatic rings. The van der Waals surface area contributed by atoms with Crippen LogP contribution in [0, 0.1) is 5.92 Å². The number of carbonyl (C=O) groups is 3. The van der Waals surface area contributed by atoms with E-state index < -0.39 is 17.5 Å². The molecular formula is C25H29N3O4. The summed E-state index contributed by atoms with van der Waals surface area (Å²) in [5.41, 5.74) is 0.759. The average Bonchev–Trinajstić information content (AvgIpc) is 3.04. The molecule has 7 nitrogen and oxygen atoms in total. The summed E-state index contributed by atoms with van der Waals surface area (Å²) in [5, 5.41) is 2.75. The maximum absolute atomic E-state index is 13.1. The molecule has 2 aliphatic heterocycles. The number of imide groups is 1. The highest BCUT2D eigenvalue weighted by molar-refractivity contribution is 6.09. The number of likely N-dealkylation sites (tertiary alicyclic amines) is 1. The van der Waals surface area contributed by atoms with Gasteiger partial charge in [-0.15, -0.1) is 0 Å². The number of rotatable bonds is 6. The Morgan fingerprint density at radius 2 is 1.72 bits per heavy atom. The summed E-state index contributed by atoms with van der Waals surface area (Å²) in [6.45, 7) is 2.72. The van der Waals surface area contributed by atoms with Gasteiger partial charge in [-0.1, -0.05) is 42.5 Å². The van der Waals surface area contributed by atoms with Crippen molar-refractivity contribution in [3.8, 4) is 5.75 Å². The highest BCUT2D eigenvalue weighted by Gasteiger charge is 2.49. The molecule has 4 rings (SSSR count). The van der Waals surface area contributed by atoms with Crippen LogP contribution in [-0.4, -0.2) is 54.4 Å². The van der Waals surface area contributed by atoms with E-state index in [1.807, 2.05) is 18.2 Å². The van der Waals surface area contributed by atoms with Gasteiger partial charge in [-0.05, 0) is 55.4 Å². The Labute approximate surface area is 188 Å². The first-order chi connectivity index (χ1) is 15.4. The largest absolute Gasteiger partial charge is 0.497 e. The number of piperidine rings is 1. The van der Waals surface area contributed by atoms with Crippen molar-refractivity contribution in [2.75, 3.05) is 26.7 Å². The molecule has 1 atom stereocenters. The lowest BCUT2D eigenvalue weighted by molar-refractivity contribution is -0.139.